The van der Waals surface area contributed by atoms with Gasteiger partial charge < -0.3 is 10.0 Å². The third kappa shape index (κ3) is 3.49. The van der Waals surface area contributed by atoms with Crippen LogP contribution in [0, 0.1) is 0 Å². The van der Waals surface area contributed by atoms with Crippen molar-refractivity contribution < 1.29 is 9.90 Å². The monoisotopic (exact) mass is 334 g/mol. The average Bonchev–Trinajstić information content (AvgIpc) is 2.94. The minimum absolute atomic E-state index is 0.285. The van der Waals surface area contributed by atoms with Gasteiger partial charge in [0, 0.05) is 50.0 Å². The molecule has 1 aromatic rings. The molecule has 1 fully saturated rings. The van der Waals surface area contributed by atoms with Crippen LogP contribution in [0.2, 0.25) is 0 Å². The second-order valence-electron chi connectivity index (χ2n) is 7.08. The summed E-state index contributed by atoms with van der Waals surface area (Å²) >= 11 is 0. The Hall–Kier alpha value is -1.40. The molecule has 0 amide bonds. The van der Waals surface area contributed by atoms with Crippen LogP contribution in [-0.4, -0.2) is 69.4 Å². The van der Waals surface area contributed by atoms with Gasteiger partial charge in [-0.05, 0) is 38.6 Å². The Bertz CT molecular complexity index is 576. The van der Waals surface area contributed by atoms with E-state index in [1.165, 1.54) is 13.0 Å². The van der Waals surface area contributed by atoms with Crippen molar-refractivity contribution in [3.63, 3.8) is 0 Å². The number of hydrogen-bond acceptors (Lipinski definition) is 4. The minimum Gasteiger partial charge on any atom is -0.476 e. The molecule has 2 heterocycles. The number of nitrogens with zero attached hydrogens (tertiary/aromatic N) is 4. The molecule has 1 N–H and O–H groups in total. The molecular formula is C18H30N4O2. The molecule has 0 saturated carbocycles. The van der Waals surface area contributed by atoms with Gasteiger partial charge in [-0.25, -0.2) is 4.79 Å². The maximum Gasteiger partial charge on any atom is 0.356 e. The van der Waals surface area contributed by atoms with Crippen molar-refractivity contribution in [1.29, 1.82) is 0 Å². The number of carbonyl (C=O) groups is 1. The Labute approximate surface area is 144 Å². The van der Waals surface area contributed by atoms with Crippen molar-refractivity contribution in [1.82, 2.24) is 19.6 Å². The second-order valence-corrected chi connectivity index (χ2v) is 7.08. The molecule has 1 saturated heterocycles. The first kappa shape index (κ1) is 17.4. The van der Waals surface area contributed by atoms with E-state index in [0.29, 0.717) is 6.04 Å². The van der Waals surface area contributed by atoms with E-state index < -0.39 is 5.97 Å². The molecule has 0 bridgehead atoms. The van der Waals surface area contributed by atoms with Crippen molar-refractivity contribution >= 4 is 5.97 Å². The van der Waals surface area contributed by atoms with Crippen molar-refractivity contribution in [2.45, 2.75) is 58.5 Å². The lowest BCUT2D eigenvalue weighted by Gasteiger charge is -2.40. The van der Waals surface area contributed by atoms with Crippen LogP contribution in [0.25, 0.3) is 0 Å². The molecule has 0 spiro atoms. The Morgan fingerprint density at radius 2 is 1.88 bits per heavy atom. The molecule has 1 atom stereocenters. The van der Waals surface area contributed by atoms with Crippen molar-refractivity contribution in [2.24, 2.45) is 0 Å². The molecule has 0 radical (unpaired) electrons. The molecule has 24 heavy (non-hydrogen) atoms. The van der Waals surface area contributed by atoms with Gasteiger partial charge >= 0.3 is 5.97 Å². The zero-order valence-electron chi connectivity index (χ0n) is 15.0. The van der Waals surface area contributed by atoms with Gasteiger partial charge in [0.15, 0.2) is 5.69 Å². The van der Waals surface area contributed by atoms with Crippen LogP contribution >= 0.6 is 0 Å². The summed E-state index contributed by atoms with van der Waals surface area (Å²) in [6.07, 6.45) is 5.11. The van der Waals surface area contributed by atoms with E-state index in [1.807, 2.05) is 4.68 Å². The lowest BCUT2D eigenvalue weighted by molar-refractivity contribution is 0.0685. The lowest BCUT2D eigenvalue weighted by Crippen LogP contribution is -2.51. The van der Waals surface area contributed by atoms with Gasteiger partial charge in [-0.2, -0.15) is 5.10 Å². The second kappa shape index (κ2) is 7.66. The summed E-state index contributed by atoms with van der Waals surface area (Å²) < 4.78 is 1.94. The van der Waals surface area contributed by atoms with Crippen molar-refractivity contribution in [3.8, 4) is 0 Å². The Morgan fingerprint density at radius 1 is 1.17 bits per heavy atom. The Morgan fingerprint density at radius 3 is 2.50 bits per heavy atom. The number of hydrogen-bond donors (Lipinski definition) is 1. The fraction of sp³-hybridized carbons (Fsp3) is 0.778. The molecular weight excluding hydrogens is 304 g/mol. The molecule has 0 aromatic carbocycles. The van der Waals surface area contributed by atoms with Crippen LogP contribution in [0.5, 0.6) is 0 Å². The predicted octanol–water partition coefficient (Wildman–Crippen LogP) is 1.88. The van der Waals surface area contributed by atoms with Gasteiger partial charge in [-0.1, -0.05) is 13.8 Å². The first-order valence-corrected chi connectivity index (χ1v) is 9.42. The highest BCUT2D eigenvalue weighted by Crippen LogP contribution is 2.28. The first-order valence-electron chi connectivity index (χ1n) is 9.42. The topological polar surface area (TPSA) is 61.6 Å². The molecule has 6 heteroatoms. The number of aromatic nitrogens is 2. The summed E-state index contributed by atoms with van der Waals surface area (Å²) in [6, 6.07) is 0.471. The fourth-order valence-corrected chi connectivity index (χ4v) is 4.22. The van der Waals surface area contributed by atoms with Gasteiger partial charge in [0.05, 0.1) is 0 Å². The number of carboxylic acid groups (broad SMARTS) is 1. The van der Waals surface area contributed by atoms with Crippen molar-refractivity contribution in [3.05, 3.63) is 17.0 Å². The summed E-state index contributed by atoms with van der Waals surface area (Å²) in [6.45, 7) is 10.8. The predicted molar refractivity (Wildman–Crippen MR) is 93.6 cm³/mol. The quantitative estimate of drug-likeness (QED) is 0.861. The zero-order chi connectivity index (χ0) is 17.1. The molecule has 3 rings (SSSR count). The third-order valence-electron chi connectivity index (χ3n) is 5.42. The van der Waals surface area contributed by atoms with Crippen LogP contribution < -0.4 is 0 Å². The highest BCUT2D eigenvalue weighted by atomic mass is 16.4. The van der Waals surface area contributed by atoms with Crippen LogP contribution in [-0.2, 0) is 19.4 Å². The normalized spacial score (nSPS) is 22.5. The average molecular weight is 334 g/mol. The van der Waals surface area contributed by atoms with Gasteiger partial charge in [-0.3, -0.25) is 9.58 Å². The Balaban J connectivity index is 1.71. The number of aryl methyl sites for hydroxylation is 1. The number of rotatable bonds is 6. The van der Waals surface area contributed by atoms with E-state index in [9.17, 15) is 9.90 Å². The van der Waals surface area contributed by atoms with E-state index in [4.69, 9.17) is 0 Å². The standard InChI is InChI=1S/C18H30N4O2/c1-3-7-20-9-11-21(12-10-20)14-5-6-16-15(13-14)17(18(23)24)19-22(16)8-4-2/h14H,3-13H2,1-2H3,(H,23,24)/t14-/m0/s1. The molecule has 6 nitrogen and oxygen atoms in total. The third-order valence-corrected chi connectivity index (χ3v) is 5.42. The lowest BCUT2D eigenvalue weighted by atomic mass is 9.90. The fourth-order valence-electron chi connectivity index (χ4n) is 4.22. The number of carboxylic acids is 1. The maximum atomic E-state index is 11.6. The Kier molecular flexibility index (Phi) is 5.56. The van der Waals surface area contributed by atoms with Gasteiger partial charge in [0.1, 0.15) is 0 Å². The summed E-state index contributed by atoms with van der Waals surface area (Å²) in [5.74, 6) is -0.880. The molecule has 1 aromatic heterocycles. The summed E-state index contributed by atoms with van der Waals surface area (Å²) in [5, 5.41) is 13.9. The SMILES string of the molecule is CCCN1CCN([C@H]2CCc3c(c(C(=O)O)nn3CCC)C2)CC1. The largest absolute Gasteiger partial charge is 0.476 e. The number of aromatic carboxylic acids is 1. The molecule has 1 aliphatic carbocycles. The first-order chi connectivity index (χ1) is 11.6. The van der Waals surface area contributed by atoms with Crippen molar-refractivity contribution in [2.75, 3.05) is 32.7 Å². The highest BCUT2D eigenvalue weighted by molar-refractivity contribution is 5.87. The van der Waals surface area contributed by atoms with Gasteiger partial charge in [0.25, 0.3) is 0 Å². The summed E-state index contributed by atoms with van der Waals surface area (Å²) in [4.78, 5) is 16.7. The maximum absolute atomic E-state index is 11.6. The van der Waals surface area contributed by atoms with Crippen LogP contribution in [0.1, 0.15) is 54.9 Å². The van der Waals surface area contributed by atoms with E-state index >= 15 is 0 Å². The van der Waals surface area contributed by atoms with Gasteiger partial charge in [-0.15, -0.1) is 0 Å². The van der Waals surface area contributed by atoms with Crippen LogP contribution in [0.4, 0.5) is 0 Å². The highest BCUT2D eigenvalue weighted by Gasteiger charge is 2.32. The number of piperazine rings is 1. The molecule has 1 aliphatic heterocycles. The zero-order valence-corrected chi connectivity index (χ0v) is 15.0. The number of fused-ring (bicyclic) bond motifs is 1. The van der Waals surface area contributed by atoms with E-state index in [1.54, 1.807) is 0 Å². The van der Waals surface area contributed by atoms with E-state index in [-0.39, 0.29) is 5.69 Å². The minimum atomic E-state index is -0.880. The van der Waals surface area contributed by atoms with E-state index in [2.05, 4.69) is 28.7 Å². The smallest absolute Gasteiger partial charge is 0.356 e. The molecule has 2 aliphatic rings. The van der Waals surface area contributed by atoms with Gasteiger partial charge in [0.2, 0.25) is 0 Å². The summed E-state index contributed by atoms with van der Waals surface area (Å²) in [5.41, 5.74) is 2.44. The van der Waals surface area contributed by atoms with Crippen LogP contribution in [0.15, 0.2) is 0 Å². The molecule has 0 unspecified atom stereocenters. The van der Waals surface area contributed by atoms with E-state index in [0.717, 1.165) is 69.7 Å². The van der Waals surface area contributed by atoms with Crippen LogP contribution in [0.3, 0.4) is 0 Å². The molecule has 134 valence electrons. The summed E-state index contributed by atoms with van der Waals surface area (Å²) in [7, 11) is 0.